The van der Waals surface area contributed by atoms with Gasteiger partial charge in [-0.3, -0.25) is 0 Å². The molecule has 0 fully saturated rings. The van der Waals surface area contributed by atoms with E-state index in [9.17, 15) is 9.50 Å². The van der Waals surface area contributed by atoms with Crippen molar-refractivity contribution in [2.45, 2.75) is 6.92 Å². The van der Waals surface area contributed by atoms with Gasteiger partial charge in [0.1, 0.15) is 11.6 Å². The van der Waals surface area contributed by atoms with Crippen LogP contribution in [-0.2, 0) is 0 Å². The van der Waals surface area contributed by atoms with Crippen molar-refractivity contribution in [1.82, 2.24) is 10.1 Å². The van der Waals surface area contributed by atoms with Crippen LogP contribution in [0.1, 0.15) is 5.56 Å². The Morgan fingerprint density at radius 1 is 1.10 bits per heavy atom. The first kappa shape index (κ1) is 12.3. The number of hydrogen-bond acceptors (Lipinski definition) is 4. The molecule has 0 aliphatic carbocycles. The Morgan fingerprint density at radius 2 is 1.90 bits per heavy atom. The highest BCUT2D eigenvalue weighted by Gasteiger charge is 2.15. The fourth-order valence-electron chi connectivity index (χ4n) is 1.95. The molecule has 0 aliphatic heterocycles. The van der Waals surface area contributed by atoms with Crippen molar-refractivity contribution >= 4 is 0 Å². The van der Waals surface area contributed by atoms with E-state index in [0.29, 0.717) is 11.4 Å². The maximum absolute atomic E-state index is 13.0. The summed E-state index contributed by atoms with van der Waals surface area (Å²) < 4.78 is 18.1. The molecule has 3 aromatic rings. The first-order valence-corrected chi connectivity index (χ1v) is 6.04. The first-order valence-electron chi connectivity index (χ1n) is 6.04. The van der Waals surface area contributed by atoms with Crippen LogP contribution in [0.5, 0.6) is 5.75 Å². The number of halogens is 1. The molecule has 0 radical (unpaired) electrons. The molecule has 0 aliphatic rings. The Kier molecular flexibility index (Phi) is 2.95. The summed E-state index contributed by atoms with van der Waals surface area (Å²) in [5, 5.41) is 13.6. The molecule has 3 rings (SSSR count). The highest BCUT2D eigenvalue weighted by atomic mass is 19.1. The minimum atomic E-state index is -0.523. The van der Waals surface area contributed by atoms with Gasteiger partial charge in [-0.1, -0.05) is 29.4 Å². The van der Waals surface area contributed by atoms with Gasteiger partial charge >= 0.3 is 0 Å². The molecule has 0 bridgehead atoms. The largest absolute Gasteiger partial charge is 0.507 e. The van der Waals surface area contributed by atoms with Crippen LogP contribution >= 0.6 is 0 Å². The third-order valence-corrected chi connectivity index (χ3v) is 3.00. The van der Waals surface area contributed by atoms with Crippen LogP contribution in [0.15, 0.2) is 47.0 Å². The van der Waals surface area contributed by atoms with Crippen molar-refractivity contribution in [3.05, 3.63) is 53.8 Å². The van der Waals surface area contributed by atoms with Crippen LogP contribution in [0, 0.1) is 12.7 Å². The van der Waals surface area contributed by atoms with E-state index in [1.54, 1.807) is 0 Å². The summed E-state index contributed by atoms with van der Waals surface area (Å²) >= 11 is 0. The molecular formula is C15H11FN2O2. The number of benzene rings is 2. The number of phenolic OH excluding ortho intramolecular Hbond substituents is 1. The van der Waals surface area contributed by atoms with Crippen LogP contribution < -0.4 is 0 Å². The van der Waals surface area contributed by atoms with Crippen molar-refractivity contribution < 1.29 is 14.0 Å². The van der Waals surface area contributed by atoms with Crippen LogP contribution in [0.4, 0.5) is 4.39 Å². The molecular weight excluding hydrogens is 259 g/mol. The lowest BCUT2D eigenvalue weighted by Gasteiger charge is -1.99. The van der Waals surface area contributed by atoms with Crippen molar-refractivity contribution in [3.8, 4) is 28.6 Å². The van der Waals surface area contributed by atoms with Crippen LogP contribution in [0.25, 0.3) is 22.8 Å². The Morgan fingerprint density at radius 3 is 2.65 bits per heavy atom. The molecule has 0 saturated heterocycles. The average molecular weight is 270 g/mol. The standard InChI is InChI=1S/C15H11FN2O2/c1-9-4-2-3-5-11(9)14-17-15(20-18-14)12-7-6-10(16)8-13(12)19/h2-8,19H,1H3. The lowest BCUT2D eigenvalue weighted by atomic mass is 10.1. The van der Waals surface area contributed by atoms with E-state index in [1.165, 1.54) is 12.1 Å². The smallest absolute Gasteiger partial charge is 0.262 e. The van der Waals surface area contributed by atoms with E-state index >= 15 is 0 Å². The fraction of sp³-hybridized carbons (Fsp3) is 0.0667. The highest BCUT2D eigenvalue weighted by Crippen LogP contribution is 2.30. The number of hydrogen-bond donors (Lipinski definition) is 1. The van der Waals surface area contributed by atoms with Gasteiger partial charge in [0.05, 0.1) is 5.56 Å². The molecule has 1 aromatic heterocycles. The van der Waals surface area contributed by atoms with Crippen LogP contribution in [0.2, 0.25) is 0 Å². The molecule has 0 amide bonds. The van der Waals surface area contributed by atoms with Gasteiger partial charge in [0, 0.05) is 11.6 Å². The molecule has 0 spiro atoms. The van der Waals surface area contributed by atoms with Gasteiger partial charge in [0.25, 0.3) is 5.89 Å². The molecule has 5 heteroatoms. The monoisotopic (exact) mass is 270 g/mol. The zero-order valence-electron chi connectivity index (χ0n) is 10.7. The summed E-state index contributed by atoms with van der Waals surface area (Å²) in [5.74, 6) is -0.169. The maximum atomic E-state index is 13.0. The molecule has 1 heterocycles. The zero-order valence-corrected chi connectivity index (χ0v) is 10.7. The fourth-order valence-corrected chi connectivity index (χ4v) is 1.95. The number of rotatable bonds is 2. The molecule has 1 N–H and O–H groups in total. The quantitative estimate of drug-likeness (QED) is 0.773. The third-order valence-electron chi connectivity index (χ3n) is 3.00. The topological polar surface area (TPSA) is 59.2 Å². The minimum Gasteiger partial charge on any atom is -0.507 e. The number of nitrogens with zero attached hydrogens (tertiary/aromatic N) is 2. The summed E-state index contributed by atoms with van der Waals surface area (Å²) in [7, 11) is 0. The third kappa shape index (κ3) is 2.14. The van der Waals surface area contributed by atoms with Gasteiger partial charge in [-0.25, -0.2) is 4.39 Å². The Labute approximate surface area is 114 Å². The summed E-state index contributed by atoms with van der Waals surface area (Å²) in [6.07, 6.45) is 0. The number of phenols is 1. The Bertz CT molecular complexity index is 768. The highest BCUT2D eigenvalue weighted by molar-refractivity contribution is 5.66. The lowest BCUT2D eigenvalue weighted by molar-refractivity contribution is 0.425. The second-order valence-electron chi connectivity index (χ2n) is 4.40. The van der Waals surface area contributed by atoms with Gasteiger partial charge < -0.3 is 9.63 Å². The number of aromatic nitrogens is 2. The Hall–Kier alpha value is -2.69. The molecule has 4 nitrogen and oxygen atoms in total. The average Bonchev–Trinajstić information content (AvgIpc) is 2.88. The van der Waals surface area contributed by atoms with Crippen molar-refractivity contribution in [2.24, 2.45) is 0 Å². The van der Waals surface area contributed by atoms with E-state index in [0.717, 1.165) is 17.2 Å². The molecule has 0 unspecified atom stereocenters. The summed E-state index contributed by atoms with van der Waals surface area (Å²) in [6.45, 7) is 1.95. The minimum absolute atomic E-state index is 0.153. The summed E-state index contributed by atoms with van der Waals surface area (Å²) in [5.41, 5.74) is 2.17. The molecule has 100 valence electrons. The molecule has 0 atom stereocenters. The van der Waals surface area contributed by atoms with Gasteiger partial charge in [-0.2, -0.15) is 4.98 Å². The van der Waals surface area contributed by atoms with Crippen molar-refractivity contribution in [1.29, 1.82) is 0 Å². The van der Waals surface area contributed by atoms with Gasteiger partial charge in [-0.15, -0.1) is 0 Å². The molecule has 20 heavy (non-hydrogen) atoms. The SMILES string of the molecule is Cc1ccccc1-c1noc(-c2ccc(F)cc2O)n1. The van der Waals surface area contributed by atoms with Gasteiger partial charge in [-0.05, 0) is 24.6 Å². The second kappa shape index (κ2) is 4.77. The van der Waals surface area contributed by atoms with Crippen molar-refractivity contribution in [2.75, 3.05) is 0 Å². The number of aryl methyl sites for hydroxylation is 1. The van der Waals surface area contributed by atoms with Crippen LogP contribution in [0.3, 0.4) is 0 Å². The van der Waals surface area contributed by atoms with E-state index in [-0.39, 0.29) is 11.6 Å². The Balaban J connectivity index is 2.04. The molecule has 0 saturated carbocycles. The van der Waals surface area contributed by atoms with Gasteiger partial charge in [0.15, 0.2) is 0 Å². The first-order chi connectivity index (χ1) is 9.65. The van der Waals surface area contributed by atoms with E-state index in [1.807, 2.05) is 31.2 Å². The lowest BCUT2D eigenvalue weighted by Crippen LogP contribution is -1.85. The van der Waals surface area contributed by atoms with Gasteiger partial charge in [0.2, 0.25) is 5.82 Å². The predicted molar refractivity (Wildman–Crippen MR) is 71.5 cm³/mol. The van der Waals surface area contributed by atoms with E-state index < -0.39 is 5.82 Å². The molecule has 2 aromatic carbocycles. The van der Waals surface area contributed by atoms with E-state index in [4.69, 9.17) is 4.52 Å². The normalized spacial score (nSPS) is 10.7. The predicted octanol–water partition coefficient (Wildman–Crippen LogP) is 3.56. The zero-order chi connectivity index (χ0) is 14.1. The van der Waals surface area contributed by atoms with E-state index in [2.05, 4.69) is 10.1 Å². The summed E-state index contributed by atoms with van der Waals surface area (Å²) in [4.78, 5) is 4.24. The van der Waals surface area contributed by atoms with Crippen LogP contribution in [-0.4, -0.2) is 15.2 Å². The summed E-state index contributed by atoms with van der Waals surface area (Å²) in [6, 6.07) is 11.3. The number of aromatic hydroxyl groups is 1. The second-order valence-corrected chi connectivity index (χ2v) is 4.40. The van der Waals surface area contributed by atoms with Crippen molar-refractivity contribution in [3.63, 3.8) is 0 Å². The maximum Gasteiger partial charge on any atom is 0.262 e.